The summed E-state index contributed by atoms with van der Waals surface area (Å²) in [5, 5.41) is 46.0. The van der Waals surface area contributed by atoms with Crippen molar-refractivity contribution in [2.75, 3.05) is 0 Å². The molecule has 74 heavy (non-hydrogen) atoms. The molecule has 0 aliphatic heterocycles. The molecule has 0 saturated carbocycles. The Labute approximate surface area is 425 Å². The highest BCUT2D eigenvalue weighted by molar-refractivity contribution is 6.13. The smallest absolute Gasteiger partial charge is 0.194 e. The molecule has 12 aromatic rings. The lowest BCUT2D eigenvalue weighted by Gasteiger charge is -2.16. The van der Waals surface area contributed by atoms with Crippen molar-refractivity contribution in [3.8, 4) is 91.3 Å². The summed E-state index contributed by atoms with van der Waals surface area (Å²) in [5.41, 5.74) is 15.6. The fourth-order valence-corrected chi connectivity index (χ4v) is 10.5. The van der Waals surface area contributed by atoms with Gasteiger partial charge in [0.15, 0.2) is 11.4 Å². The van der Waals surface area contributed by atoms with Crippen molar-refractivity contribution in [1.82, 2.24) is 9.13 Å². The lowest BCUT2D eigenvalue weighted by molar-refractivity contribution is 1.17. The third kappa shape index (κ3) is 7.10. The van der Waals surface area contributed by atoms with Crippen LogP contribution in [0.5, 0.6) is 0 Å². The van der Waals surface area contributed by atoms with E-state index in [1.807, 2.05) is 146 Å². The van der Waals surface area contributed by atoms with Gasteiger partial charge >= 0.3 is 0 Å². The van der Waals surface area contributed by atoms with Crippen molar-refractivity contribution in [2.24, 2.45) is 0 Å². The zero-order valence-electron chi connectivity index (χ0n) is 39.2. The normalized spacial score (nSPS) is 10.9. The molecule has 338 valence electrons. The number of rotatable bonds is 7. The topological polar surface area (TPSA) is 114 Å². The Kier molecular flexibility index (Phi) is 10.7. The van der Waals surface area contributed by atoms with Gasteiger partial charge in [0.05, 0.1) is 81.7 Å². The zero-order chi connectivity index (χ0) is 50.5. The van der Waals surface area contributed by atoms with Gasteiger partial charge in [0.2, 0.25) is 0 Å². The molecule has 0 fully saturated rings. The molecule has 0 spiro atoms. The van der Waals surface area contributed by atoms with Crippen molar-refractivity contribution in [2.45, 2.75) is 0 Å². The molecule has 8 nitrogen and oxygen atoms in total. The Balaban J connectivity index is 1.12. The summed E-state index contributed by atoms with van der Waals surface area (Å²) < 4.78 is 4.31. The average Bonchev–Trinajstić information content (AvgIpc) is 3.98. The minimum absolute atomic E-state index is 0.370. The molecule has 0 amide bonds. The van der Waals surface area contributed by atoms with E-state index < -0.39 is 0 Å². The summed E-state index contributed by atoms with van der Waals surface area (Å²) in [7, 11) is 0. The van der Waals surface area contributed by atoms with E-state index in [1.54, 1.807) is 12.1 Å². The minimum Gasteiger partial charge on any atom is -0.309 e. The van der Waals surface area contributed by atoms with Crippen LogP contribution >= 0.6 is 0 Å². The molecule has 0 atom stereocenters. The number of hydrogen-bond donors (Lipinski definition) is 0. The molecule has 0 N–H and O–H groups in total. The van der Waals surface area contributed by atoms with Crippen LogP contribution in [0.25, 0.3) is 120 Å². The van der Waals surface area contributed by atoms with Crippen LogP contribution in [0.1, 0.15) is 22.3 Å². The molecule has 0 radical (unpaired) electrons. The first-order valence-electron chi connectivity index (χ1n) is 23.6. The van der Waals surface area contributed by atoms with Crippen molar-refractivity contribution in [3.05, 3.63) is 251 Å². The van der Waals surface area contributed by atoms with Gasteiger partial charge in [-0.05, 0) is 117 Å². The molecule has 2 heterocycles. The molecule has 0 bridgehead atoms. The molecular formula is C66H34N8. The maximum atomic E-state index is 10.9. The van der Waals surface area contributed by atoms with Gasteiger partial charge in [-0.1, -0.05) is 133 Å². The van der Waals surface area contributed by atoms with E-state index >= 15 is 0 Å². The van der Waals surface area contributed by atoms with Gasteiger partial charge in [0.1, 0.15) is 0 Å². The van der Waals surface area contributed by atoms with Gasteiger partial charge in [0, 0.05) is 44.0 Å². The summed E-state index contributed by atoms with van der Waals surface area (Å²) in [5.74, 6) is 0. The number of nitriles is 4. The SMILES string of the molecule is [C-]#[N+]c1ccccc1-c1ccc2c3ccc(-c4ccccc4C#N)cc3n(-c3ccc(C#N)c(-c4cc(-n5c6cc(-c7ccccc7C#N)ccc6c6ccc(-c7ccccc7[N+]#[C-])cc65)ccc4C#N)c3)c2c1. The maximum absolute atomic E-state index is 10.9. The zero-order valence-corrected chi connectivity index (χ0v) is 39.2. The predicted molar refractivity (Wildman–Crippen MR) is 294 cm³/mol. The Morgan fingerprint density at radius 3 is 0.932 bits per heavy atom. The Bertz CT molecular complexity index is 4110. The lowest BCUT2D eigenvalue weighted by Crippen LogP contribution is -1.99. The van der Waals surface area contributed by atoms with Crippen LogP contribution in [0.4, 0.5) is 11.4 Å². The predicted octanol–water partition coefficient (Wildman–Crippen LogP) is 16.8. The molecular weight excluding hydrogens is 905 g/mol. The number of hydrogen-bond acceptors (Lipinski definition) is 4. The first kappa shape index (κ1) is 44.0. The van der Waals surface area contributed by atoms with E-state index in [4.69, 9.17) is 13.1 Å². The summed E-state index contributed by atoms with van der Waals surface area (Å²) in [6, 6.07) is 75.9. The van der Waals surface area contributed by atoms with E-state index in [-0.39, 0.29) is 0 Å². The second-order valence-corrected chi connectivity index (χ2v) is 17.9. The first-order chi connectivity index (χ1) is 36.4. The first-order valence-corrected chi connectivity index (χ1v) is 23.6. The van der Waals surface area contributed by atoms with Gasteiger partial charge in [0.25, 0.3) is 0 Å². The second kappa shape index (κ2) is 17.9. The van der Waals surface area contributed by atoms with Crippen LogP contribution in [0.3, 0.4) is 0 Å². The largest absolute Gasteiger partial charge is 0.309 e. The van der Waals surface area contributed by atoms with Crippen LogP contribution in [-0.4, -0.2) is 9.13 Å². The fraction of sp³-hybridized carbons (Fsp3) is 0. The summed E-state index contributed by atoms with van der Waals surface area (Å²) >= 11 is 0. The van der Waals surface area contributed by atoms with Crippen molar-refractivity contribution < 1.29 is 0 Å². The second-order valence-electron chi connectivity index (χ2n) is 17.9. The minimum atomic E-state index is 0.370. The fourth-order valence-electron chi connectivity index (χ4n) is 10.5. The van der Waals surface area contributed by atoms with Crippen LogP contribution in [0, 0.1) is 58.5 Å². The number of aromatic nitrogens is 2. The maximum Gasteiger partial charge on any atom is 0.194 e. The molecule has 0 saturated heterocycles. The molecule has 0 aliphatic carbocycles. The van der Waals surface area contributed by atoms with Gasteiger partial charge in [-0.3, -0.25) is 0 Å². The standard InChI is InChI=1S/C66H34N8/c1-71-61-17-9-7-15-53(61)43-23-29-57-55-27-21-41(51-13-5-3-11-45(51)37-67)31-63(55)73(65(57)33-43)49-25-19-47(39-69)59(35-49)60-36-50(26-20-48(60)40-70)74-64-32-42(52-14-6-4-12-46(52)38-68)22-28-56(64)58-30-24-44(34-66(58)74)54-16-8-10-18-62(54)72-2/h3-36H. The van der Waals surface area contributed by atoms with E-state index in [0.29, 0.717) is 44.8 Å². The Morgan fingerprint density at radius 2 is 0.595 bits per heavy atom. The average molecular weight is 939 g/mol. The quantitative estimate of drug-likeness (QED) is 0.148. The van der Waals surface area contributed by atoms with Crippen LogP contribution in [0.15, 0.2) is 206 Å². The number of fused-ring (bicyclic) bond motifs is 6. The van der Waals surface area contributed by atoms with Crippen LogP contribution in [0.2, 0.25) is 0 Å². The van der Waals surface area contributed by atoms with Crippen LogP contribution < -0.4 is 0 Å². The molecule has 2 aromatic heterocycles. The van der Waals surface area contributed by atoms with Gasteiger partial charge < -0.3 is 9.13 Å². The summed E-state index contributed by atoms with van der Waals surface area (Å²) in [6.45, 7) is 15.9. The Morgan fingerprint density at radius 1 is 0.297 bits per heavy atom. The molecule has 0 unspecified atom stereocenters. The highest BCUT2D eigenvalue weighted by atomic mass is 15.0. The molecule has 8 heteroatoms. The molecule has 10 aromatic carbocycles. The summed E-state index contributed by atoms with van der Waals surface area (Å²) in [4.78, 5) is 7.67. The number of benzene rings is 10. The van der Waals surface area contributed by atoms with Crippen molar-refractivity contribution in [1.29, 1.82) is 21.0 Å². The highest BCUT2D eigenvalue weighted by Crippen LogP contribution is 2.43. The molecule has 0 aliphatic rings. The summed E-state index contributed by atoms with van der Waals surface area (Å²) in [6.07, 6.45) is 0. The van der Waals surface area contributed by atoms with E-state index in [0.717, 1.165) is 99.5 Å². The monoisotopic (exact) mass is 938 g/mol. The van der Waals surface area contributed by atoms with E-state index in [1.165, 1.54) is 0 Å². The number of nitrogens with zero attached hydrogens (tertiary/aromatic N) is 8. The van der Waals surface area contributed by atoms with Crippen molar-refractivity contribution >= 4 is 55.0 Å². The van der Waals surface area contributed by atoms with Crippen molar-refractivity contribution in [3.63, 3.8) is 0 Å². The van der Waals surface area contributed by atoms with Gasteiger partial charge in [-0.15, -0.1) is 0 Å². The molecule has 12 rings (SSSR count). The van der Waals surface area contributed by atoms with E-state index in [9.17, 15) is 21.0 Å². The number of para-hydroxylation sites is 2. The third-order valence-electron chi connectivity index (χ3n) is 14.0. The Hall–Kier alpha value is -11.3. The van der Waals surface area contributed by atoms with Gasteiger partial charge in [-0.2, -0.15) is 21.0 Å². The van der Waals surface area contributed by atoms with E-state index in [2.05, 4.69) is 91.6 Å². The van der Waals surface area contributed by atoms with Crippen LogP contribution in [-0.2, 0) is 0 Å². The van der Waals surface area contributed by atoms with Gasteiger partial charge in [-0.25, -0.2) is 9.69 Å². The third-order valence-corrected chi connectivity index (χ3v) is 14.0. The lowest BCUT2D eigenvalue weighted by atomic mass is 9.94. The highest BCUT2D eigenvalue weighted by Gasteiger charge is 2.22.